The van der Waals surface area contributed by atoms with Gasteiger partial charge in [-0.1, -0.05) is 182 Å². The highest BCUT2D eigenvalue weighted by Gasteiger charge is 2.63. The van der Waals surface area contributed by atoms with E-state index in [4.69, 9.17) is 21.2 Å². The zero-order valence-electron chi connectivity index (χ0n) is 39.2. The van der Waals surface area contributed by atoms with Crippen molar-refractivity contribution in [1.29, 1.82) is 0 Å². The van der Waals surface area contributed by atoms with Crippen LogP contribution in [0.1, 0.15) is 189 Å². The molecule has 0 rings (SSSR count). The van der Waals surface area contributed by atoms with Crippen molar-refractivity contribution in [1.82, 2.24) is 0 Å². The average molecular weight is 822 g/mol. The fraction of sp³-hybridized carbons (Fsp3) is 1.00. The van der Waals surface area contributed by atoms with Gasteiger partial charge in [0, 0.05) is 20.3 Å². The lowest BCUT2D eigenvalue weighted by Crippen LogP contribution is -2.69. The Kier molecular flexibility index (Phi) is 24.4. The Morgan fingerprint density at radius 2 is 0.500 bits per heavy atom. The first kappa shape index (κ1) is 52.9. The second-order valence-corrected chi connectivity index (χ2v) is 42.9. The van der Waals surface area contributed by atoms with Crippen molar-refractivity contribution in [2.24, 2.45) is 0 Å². The van der Waals surface area contributed by atoms with Crippen molar-refractivity contribution >= 4 is 42.3 Å². The van der Waals surface area contributed by atoms with E-state index in [1.807, 2.05) is 0 Å². The average Bonchev–Trinajstić information content (AvgIpc) is 3.03. The highest BCUT2D eigenvalue weighted by Crippen LogP contribution is 2.53. The zero-order chi connectivity index (χ0) is 40.7. The SMILES string of the molecule is CO[Si](C)(CCCCCCCCCCCC[Si](O[Si](C(C)C)(C(C)C)C(C)C)(O[Si](C(C)C)(C(C)C)C(C)C)O[Si](C(C)C)(C(C)C)C(C)C)OC. The summed E-state index contributed by atoms with van der Waals surface area (Å²) in [5.41, 5.74) is 4.37. The van der Waals surface area contributed by atoms with Crippen LogP contribution in [-0.2, 0) is 21.2 Å². The van der Waals surface area contributed by atoms with Crippen molar-refractivity contribution in [3.8, 4) is 0 Å². The Balaban J connectivity index is 6.62. The third-order valence-corrected chi connectivity index (χ3v) is 41.5. The fourth-order valence-electron chi connectivity index (χ4n) is 10.6. The molecule has 0 saturated carbocycles. The van der Waals surface area contributed by atoms with Crippen LogP contribution in [0.2, 0.25) is 68.5 Å². The third kappa shape index (κ3) is 13.8. The van der Waals surface area contributed by atoms with E-state index >= 15 is 0 Å². The van der Waals surface area contributed by atoms with E-state index in [9.17, 15) is 0 Å². The lowest BCUT2D eigenvalue weighted by Gasteiger charge is -2.56. The second kappa shape index (κ2) is 24.0. The first-order valence-corrected chi connectivity index (χ1v) is 33.0. The minimum absolute atomic E-state index is 0.486. The molecule has 0 aromatic rings. The second-order valence-electron chi connectivity index (χ2n) is 19.5. The predicted octanol–water partition coefficient (Wildman–Crippen LogP) is 15.8. The van der Waals surface area contributed by atoms with Crippen LogP contribution >= 0.6 is 0 Å². The van der Waals surface area contributed by atoms with Gasteiger partial charge >= 0.3 is 17.4 Å². The van der Waals surface area contributed by atoms with Gasteiger partial charge in [0.25, 0.3) is 0 Å². The van der Waals surface area contributed by atoms with Gasteiger partial charge in [0.15, 0.2) is 25.0 Å². The molecule has 0 saturated heterocycles. The molecule has 314 valence electrons. The van der Waals surface area contributed by atoms with E-state index < -0.39 is 42.3 Å². The van der Waals surface area contributed by atoms with Gasteiger partial charge in [0.2, 0.25) is 0 Å². The van der Waals surface area contributed by atoms with Gasteiger partial charge < -0.3 is 21.2 Å². The molecule has 0 heterocycles. The minimum Gasteiger partial charge on any atom is -0.415 e. The maximum Gasteiger partial charge on any atom is 0.469 e. The number of hydrogen-bond acceptors (Lipinski definition) is 5. The molecular formula is C42H96O5Si5. The van der Waals surface area contributed by atoms with Gasteiger partial charge in [0.1, 0.15) is 0 Å². The summed E-state index contributed by atoms with van der Waals surface area (Å²) in [6.45, 7) is 46.2. The number of rotatable bonds is 30. The van der Waals surface area contributed by atoms with Crippen LogP contribution in [0.25, 0.3) is 0 Å². The smallest absolute Gasteiger partial charge is 0.415 e. The highest BCUT2D eigenvalue weighted by molar-refractivity contribution is 6.94. The van der Waals surface area contributed by atoms with Gasteiger partial charge in [-0.3, -0.25) is 0 Å². The quantitative estimate of drug-likeness (QED) is 0.0533. The summed E-state index contributed by atoms with van der Waals surface area (Å²) < 4.78 is 36.0. The maximum absolute atomic E-state index is 8.24. The Labute approximate surface area is 333 Å². The molecule has 0 atom stereocenters. The molecule has 0 aromatic carbocycles. The van der Waals surface area contributed by atoms with E-state index in [1.165, 1.54) is 57.8 Å². The van der Waals surface area contributed by atoms with Crippen molar-refractivity contribution in [2.45, 2.75) is 257 Å². The van der Waals surface area contributed by atoms with E-state index in [1.54, 1.807) is 14.2 Å². The molecule has 0 N–H and O–H groups in total. The van der Waals surface area contributed by atoms with Gasteiger partial charge in [0.05, 0.1) is 0 Å². The first-order valence-electron chi connectivity index (χ1n) is 22.1. The van der Waals surface area contributed by atoms with E-state index in [0.29, 0.717) is 49.9 Å². The Hall–Kier alpha value is 0.884. The highest BCUT2D eigenvalue weighted by atomic mass is 28.5. The van der Waals surface area contributed by atoms with Crippen molar-refractivity contribution < 1.29 is 21.2 Å². The largest absolute Gasteiger partial charge is 0.469 e. The van der Waals surface area contributed by atoms with Crippen LogP contribution in [0.5, 0.6) is 0 Å². The zero-order valence-corrected chi connectivity index (χ0v) is 44.2. The summed E-state index contributed by atoms with van der Waals surface area (Å²) in [4.78, 5) is 0. The van der Waals surface area contributed by atoms with Crippen LogP contribution in [0.4, 0.5) is 0 Å². The molecule has 0 aromatic heterocycles. The van der Waals surface area contributed by atoms with E-state index in [-0.39, 0.29) is 0 Å². The van der Waals surface area contributed by atoms with Crippen molar-refractivity contribution in [2.75, 3.05) is 14.2 Å². The fourth-order valence-corrected chi connectivity index (χ4v) is 42.5. The van der Waals surface area contributed by atoms with E-state index in [0.717, 1.165) is 18.5 Å². The normalized spacial score (nSPS) is 14.4. The summed E-state index contributed by atoms with van der Waals surface area (Å²) >= 11 is 0. The molecule has 5 nitrogen and oxygen atoms in total. The minimum atomic E-state index is -3.21. The van der Waals surface area contributed by atoms with Gasteiger partial charge in [-0.2, -0.15) is 0 Å². The summed E-state index contributed by atoms with van der Waals surface area (Å²) in [5.74, 6) is 0. The standard InChI is InChI=1S/C42H96O5Si5/c1-34(2)50(35(3)4,36(5)6)45-49(46-51(37(7)8,38(9)10)39(11)12,47-52(40(13)14,41(15)16)42(17)18)33-31-29-27-25-23-22-24-26-28-30-32-48(21,43-19)44-20/h34-42H,22-33H2,1-21H3. The van der Waals surface area contributed by atoms with Crippen LogP contribution in [-0.4, -0.2) is 56.5 Å². The van der Waals surface area contributed by atoms with Crippen LogP contribution < -0.4 is 0 Å². The topological polar surface area (TPSA) is 46.2 Å². The van der Waals surface area contributed by atoms with Crippen LogP contribution in [0, 0.1) is 0 Å². The maximum atomic E-state index is 8.24. The molecule has 0 aliphatic heterocycles. The summed E-state index contributed by atoms with van der Waals surface area (Å²) in [5, 5.41) is 0. The molecule has 10 heteroatoms. The van der Waals surface area contributed by atoms with Gasteiger partial charge in [-0.15, -0.1) is 0 Å². The summed E-state index contributed by atoms with van der Waals surface area (Å²) in [7, 11) is -8.54. The van der Waals surface area contributed by atoms with Crippen molar-refractivity contribution in [3.05, 3.63) is 0 Å². The molecule has 0 spiro atoms. The Morgan fingerprint density at radius 3 is 0.692 bits per heavy atom. The molecular weight excluding hydrogens is 725 g/mol. The number of hydrogen-bond donors (Lipinski definition) is 0. The Bertz CT molecular complexity index is 785. The monoisotopic (exact) mass is 821 g/mol. The summed E-state index contributed by atoms with van der Waals surface area (Å²) in [6.07, 6.45) is 12.9. The molecule has 52 heavy (non-hydrogen) atoms. The molecule has 0 aliphatic carbocycles. The number of unbranched alkanes of at least 4 members (excludes halogenated alkanes) is 9. The molecule has 0 fully saturated rings. The molecule has 0 unspecified atom stereocenters. The van der Waals surface area contributed by atoms with Crippen molar-refractivity contribution in [3.63, 3.8) is 0 Å². The molecule has 0 amide bonds. The molecule has 0 radical (unpaired) electrons. The summed E-state index contributed by atoms with van der Waals surface area (Å²) in [6, 6.07) is 2.07. The van der Waals surface area contributed by atoms with Gasteiger partial charge in [-0.25, -0.2) is 0 Å². The van der Waals surface area contributed by atoms with Crippen LogP contribution in [0.3, 0.4) is 0 Å². The first-order chi connectivity index (χ1) is 23.9. The predicted molar refractivity (Wildman–Crippen MR) is 244 cm³/mol. The Morgan fingerprint density at radius 1 is 0.308 bits per heavy atom. The van der Waals surface area contributed by atoms with Crippen LogP contribution in [0.15, 0.2) is 0 Å². The third-order valence-electron chi connectivity index (χ3n) is 13.3. The van der Waals surface area contributed by atoms with E-state index in [2.05, 4.69) is 131 Å². The molecule has 0 aliphatic rings. The van der Waals surface area contributed by atoms with Gasteiger partial charge in [-0.05, 0) is 68.9 Å². The molecule has 0 bridgehead atoms. The lowest BCUT2D eigenvalue weighted by molar-refractivity contribution is 0.216. The lowest BCUT2D eigenvalue weighted by atomic mass is 10.1.